The third-order valence-corrected chi connectivity index (χ3v) is 7.24. The molecule has 134 valence electrons. The molecule has 6 nitrogen and oxygen atoms in total. The molecule has 2 aromatic rings. The van der Waals surface area contributed by atoms with E-state index in [1.165, 1.54) is 0 Å². The Balaban J connectivity index is 1.75. The van der Waals surface area contributed by atoms with Crippen molar-refractivity contribution >= 4 is 33.5 Å². The summed E-state index contributed by atoms with van der Waals surface area (Å²) in [7, 11) is -3.99. The Hall–Kier alpha value is -1.38. The Bertz CT molecular complexity index is 915. The second kappa shape index (κ2) is 5.31. The number of aromatic nitrogens is 2. The summed E-state index contributed by atoms with van der Waals surface area (Å²) < 4.78 is 38.7. The van der Waals surface area contributed by atoms with Gasteiger partial charge in [-0.3, -0.25) is 0 Å². The zero-order valence-electron chi connectivity index (χ0n) is 15.0. The van der Waals surface area contributed by atoms with Gasteiger partial charge >= 0.3 is 7.12 Å². The molecular weight excluding hydrogens is 339 g/mol. The van der Waals surface area contributed by atoms with Crippen LogP contribution in [0.15, 0.2) is 24.4 Å². The van der Waals surface area contributed by atoms with Gasteiger partial charge in [-0.1, -0.05) is 12.1 Å². The van der Waals surface area contributed by atoms with Crippen LogP contribution in [0.3, 0.4) is 0 Å². The molecule has 8 heteroatoms. The Morgan fingerprint density at radius 1 is 1.20 bits per heavy atom. The van der Waals surface area contributed by atoms with Crippen LogP contribution in [0, 0.1) is 5.92 Å². The van der Waals surface area contributed by atoms with Crippen LogP contribution in [0.1, 0.15) is 40.5 Å². The van der Waals surface area contributed by atoms with Crippen molar-refractivity contribution in [3.8, 4) is 0 Å². The van der Waals surface area contributed by atoms with Crippen molar-refractivity contribution in [1.82, 2.24) is 9.19 Å². The summed E-state index contributed by atoms with van der Waals surface area (Å²) >= 11 is 0. The van der Waals surface area contributed by atoms with E-state index in [4.69, 9.17) is 9.31 Å². The third-order valence-electron chi connectivity index (χ3n) is 5.53. The summed E-state index contributed by atoms with van der Waals surface area (Å²) in [6, 6.07) is 5.51. The van der Waals surface area contributed by atoms with Gasteiger partial charge in [0, 0.05) is 5.39 Å². The van der Waals surface area contributed by atoms with Crippen molar-refractivity contribution < 1.29 is 17.7 Å². The lowest BCUT2D eigenvalue weighted by molar-refractivity contribution is 0.00578. The van der Waals surface area contributed by atoms with Gasteiger partial charge in [0.25, 0.3) is 10.0 Å². The van der Waals surface area contributed by atoms with Crippen molar-refractivity contribution in [2.24, 2.45) is 5.92 Å². The van der Waals surface area contributed by atoms with Gasteiger partial charge in [-0.05, 0) is 58.0 Å². The molecule has 2 fully saturated rings. The average Bonchev–Trinajstić information content (AvgIpc) is 3.12. The molecule has 2 heterocycles. The van der Waals surface area contributed by atoms with Gasteiger partial charge in [0.05, 0.1) is 28.7 Å². The molecule has 1 aliphatic carbocycles. The SMILES string of the molecule is CC1(C)OB(c2cccc3c2cnn3S(=O)(=O)CC2CC2)OC1(C)C. The monoisotopic (exact) mass is 362 g/mol. The van der Waals surface area contributed by atoms with Gasteiger partial charge < -0.3 is 9.31 Å². The maximum absolute atomic E-state index is 12.6. The number of hydrogen-bond acceptors (Lipinski definition) is 5. The smallest absolute Gasteiger partial charge is 0.399 e. The number of nitrogens with zero attached hydrogens (tertiary/aromatic N) is 2. The molecule has 4 rings (SSSR count). The highest BCUT2D eigenvalue weighted by atomic mass is 32.2. The molecule has 0 unspecified atom stereocenters. The summed E-state index contributed by atoms with van der Waals surface area (Å²) in [6.45, 7) is 7.99. The van der Waals surface area contributed by atoms with Crippen LogP contribution in [0.4, 0.5) is 0 Å². The fourth-order valence-electron chi connectivity index (χ4n) is 3.10. The van der Waals surface area contributed by atoms with Crippen molar-refractivity contribution in [1.29, 1.82) is 0 Å². The van der Waals surface area contributed by atoms with Crippen LogP contribution >= 0.6 is 0 Å². The van der Waals surface area contributed by atoms with E-state index in [1.807, 2.05) is 39.8 Å². The normalized spacial score (nSPS) is 22.6. The fourth-order valence-corrected chi connectivity index (χ4v) is 4.82. The number of fused-ring (bicyclic) bond motifs is 1. The van der Waals surface area contributed by atoms with Gasteiger partial charge in [0.2, 0.25) is 0 Å². The Morgan fingerprint density at radius 3 is 2.44 bits per heavy atom. The molecule has 0 bridgehead atoms. The maximum Gasteiger partial charge on any atom is 0.495 e. The minimum absolute atomic E-state index is 0.157. The van der Waals surface area contributed by atoms with E-state index in [0.717, 1.165) is 27.8 Å². The van der Waals surface area contributed by atoms with E-state index in [2.05, 4.69) is 5.10 Å². The molecule has 0 spiro atoms. The average molecular weight is 362 g/mol. The van der Waals surface area contributed by atoms with Crippen molar-refractivity contribution in [3.63, 3.8) is 0 Å². The lowest BCUT2D eigenvalue weighted by atomic mass is 9.77. The molecule has 0 amide bonds. The summed E-state index contributed by atoms with van der Waals surface area (Å²) in [6.07, 6.45) is 3.56. The highest BCUT2D eigenvalue weighted by molar-refractivity contribution is 7.90. The zero-order chi connectivity index (χ0) is 18.0. The molecule has 0 atom stereocenters. The number of hydrogen-bond donors (Lipinski definition) is 0. The Morgan fingerprint density at radius 2 is 1.84 bits per heavy atom. The van der Waals surface area contributed by atoms with E-state index in [9.17, 15) is 8.42 Å². The minimum atomic E-state index is -3.44. The number of rotatable bonds is 4. The highest BCUT2D eigenvalue weighted by Crippen LogP contribution is 2.37. The summed E-state index contributed by atoms with van der Waals surface area (Å²) in [5, 5.41) is 4.92. The molecule has 2 aliphatic rings. The van der Waals surface area contributed by atoms with Crippen molar-refractivity contribution in [2.75, 3.05) is 5.75 Å². The van der Waals surface area contributed by atoms with Crippen molar-refractivity contribution in [2.45, 2.75) is 51.7 Å². The molecule has 0 radical (unpaired) electrons. The molecule has 1 aliphatic heterocycles. The first kappa shape index (κ1) is 17.1. The van der Waals surface area contributed by atoms with Gasteiger partial charge in [-0.2, -0.15) is 9.19 Å². The minimum Gasteiger partial charge on any atom is -0.399 e. The van der Waals surface area contributed by atoms with Gasteiger partial charge in [0.15, 0.2) is 0 Å². The largest absolute Gasteiger partial charge is 0.495 e. The van der Waals surface area contributed by atoms with E-state index >= 15 is 0 Å². The first-order valence-electron chi connectivity index (χ1n) is 8.66. The van der Waals surface area contributed by atoms with E-state index < -0.39 is 28.3 Å². The van der Waals surface area contributed by atoms with Crippen LogP contribution in [0.5, 0.6) is 0 Å². The number of benzene rings is 1. The predicted molar refractivity (Wildman–Crippen MR) is 97.4 cm³/mol. The summed E-state index contributed by atoms with van der Waals surface area (Å²) in [5.41, 5.74) is 0.485. The molecule has 1 saturated carbocycles. The van der Waals surface area contributed by atoms with Crippen LogP contribution < -0.4 is 5.46 Å². The standard InChI is InChI=1S/C17H23BN2O4S/c1-16(2)17(3,4)24-18(23-16)14-6-5-7-15-13(14)10-19-20(15)25(21,22)11-12-8-9-12/h5-7,10,12H,8-9,11H2,1-4H3. The quantitative estimate of drug-likeness (QED) is 0.778. The first-order valence-corrected chi connectivity index (χ1v) is 10.3. The fraction of sp³-hybridized carbons (Fsp3) is 0.588. The van der Waals surface area contributed by atoms with Crippen LogP contribution in [0.25, 0.3) is 10.9 Å². The van der Waals surface area contributed by atoms with Crippen LogP contribution in [-0.2, 0) is 19.3 Å². The second-order valence-electron chi connectivity index (χ2n) is 8.08. The molecule has 25 heavy (non-hydrogen) atoms. The van der Waals surface area contributed by atoms with Gasteiger partial charge in [-0.15, -0.1) is 0 Å². The Labute approximate surface area is 148 Å². The first-order chi connectivity index (χ1) is 11.6. The molecular formula is C17H23BN2O4S. The molecule has 0 N–H and O–H groups in total. The van der Waals surface area contributed by atoms with Crippen LogP contribution in [-0.4, -0.2) is 41.7 Å². The summed E-state index contributed by atoms with van der Waals surface area (Å²) in [4.78, 5) is 0. The second-order valence-corrected chi connectivity index (χ2v) is 9.92. The maximum atomic E-state index is 12.6. The molecule has 1 aromatic carbocycles. The van der Waals surface area contributed by atoms with Crippen molar-refractivity contribution in [3.05, 3.63) is 24.4 Å². The topological polar surface area (TPSA) is 70.4 Å². The third kappa shape index (κ3) is 2.80. The lowest BCUT2D eigenvalue weighted by Crippen LogP contribution is -2.41. The lowest BCUT2D eigenvalue weighted by Gasteiger charge is -2.32. The molecule has 1 saturated heterocycles. The molecule has 1 aromatic heterocycles. The van der Waals surface area contributed by atoms with E-state index in [1.54, 1.807) is 12.3 Å². The van der Waals surface area contributed by atoms with Gasteiger partial charge in [0.1, 0.15) is 0 Å². The van der Waals surface area contributed by atoms with E-state index in [-0.39, 0.29) is 11.7 Å². The van der Waals surface area contributed by atoms with Crippen LogP contribution in [0.2, 0.25) is 0 Å². The summed E-state index contributed by atoms with van der Waals surface area (Å²) in [5.74, 6) is 0.431. The zero-order valence-corrected chi connectivity index (χ0v) is 15.8. The van der Waals surface area contributed by atoms with E-state index in [0.29, 0.717) is 5.52 Å². The Kier molecular flexibility index (Phi) is 3.63. The highest BCUT2D eigenvalue weighted by Gasteiger charge is 2.52. The predicted octanol–water partition coefficient (Wildman–Crippen LogP) is 1.92. The van der Waals surface area contributed by atoms with Gasteiger partial charge in [-0.25, -0.2) is 8.42 Å².